The molecule has 5 rings (SSSR count). The summed E-state index contributed by atoms with van der Waals surface area (Å²) in [6.45, 7) is 11.6. The van der Waals surface area contributed by atoms with Gasteiger partial charge in [-0.1, -0.05) is 11.3 Å². The van der Waals surface area contributed by atoms with Crippen molar-refractivity contribution >= 4 is 39.4 Å². The van der Waals surface area contributed by atoms with Gasteiger partial charge in [-0.15, -0.1) is 0 Å². The molecule has 1 saturated heterocycles. The van der Waals surface area contributed by atoms with Gasteiger partial charge in [-0.2, -0.15) is 10.4 Å². The van der Waals surface area contributed by atoms with Gasteiger partial charge in [0.25, 0.3) is 0 Å². The average Bonchev–Trinajstić information content (AvgIpc) is 3.54. The molecule has 0 atom stereocenters. The van der Waals surface area contributed by atoms with E-state index in [1.807, 2.05) is 51.2 Å². The number of likely N-dealkylation sites (tertiary alicyclic amines) is 1. The van der Waals surface area contributed by atoms with Crippen molar-refractivity contribution in [3.8, 4) is 17.3 Å². The lowest BCUT2D eigenvalue weighted by atomic mass is 9.92. The molecule has 11 heteroatoms. The predicted octanol–water partition coefficient (Wildman–Crippen LogP) is 6.78. The van der Waals surface area contributed by atoms with Crippen LogP contribution in [-0.2, 0) is 11.3 Å². The van der Waals surface area contributed by atoms with E-state index in [4.69, 9.17) is 19.8 Å². The van der Waals surface area contributed by atoms with E-state index in [-0.39, 0.29) is 17.8 Å². The zero-order chi connectivity index (χ0) is 29.5. The molecule has 0 aliphatic carbocycles. The van der Waals surface area contributed by atoms with Crippen molar-refractivity contribution in [3.63, 3.8) is 0 Å². The van der Waals surface area contributed by atoms with Crippen molar-refractivity contribution in [2.75, 3.05) is 25.0 Å². The Balaban J connectivity index is 1.47. The first-order chi connectivity index (χ1) is 19.5. The molecular weight excluding hydrogens is 541 g/mol. The Kier molecular flexibility index (Phi) is 7.70. The third-order valence-electron chi connectivity index (χ3n) is 7.18. The maximum absolute atomic E-state index is 13.5. The Hall–Kier alpha value is -4.04. The lowest BCUT2D eigenvalue weighted by molar-refractivity contribution is 0.0204. The SMILES string of the molecule is CCn1nc2c(C)cc(C3CCN(C(=O)OC(C)(C)C)CC3)nc2c1N(C)c1nc(-c2ccc(F)cc2)c(C#N)s1. The van der Waals surface area contributed by atoms with Gasteiger partial charge in [0.2, 0.25) is 0 Å². The predicted molar refractivity (Wildman–Crippen MR) is 158 cm³/mol. The Labute approximate surface area is 243 Å². The second-order valence-electron chi connectivity index (χ2n) is 11.3. The lowest BCUT2D eigenvalue weighted by Gasteiger charge is -2.33. The smallest absolute Gasteiger partial charge is 0.410 e. The summed E-state index contributed by atoms with van der Waals surface area (Å²) in [6.07, 6.45) is 1.32. The Morgan fingerprint density at radius 1 is 1.20 bits per heavy atom. The molecule has 0 saturated carbocycles. The number of aryl methyl sites for hydroxylation is 2. The highest BCUT2D eigenvalue weighted by atomic mass is 32.1. The molecule has 0 unspecified atom stereocenters. The number of carbonyl (C=O) groups is 1. The molecule has 1 aliphatic heterocycles. The number of amides is 1. The molecule has 3 aromatic heterocycles. The molecule has 1 aliphatic rings. The van der Waals surface area contributed by atoms with Crippen molar-refractivity contribution in [2.24, 2.45) is 0 Å². The number of pyridine rings is 1. The first kappa shape index (κ1) is 28.5. The van der Waals surface area contributed by atoms with Crippen molar-refractivity contribution in [1.82, 2.24) is 24.6 Å². The Morgan fingerprint density at radius 2 is 1.88 bits per heavy atom. The van der Waals surface area contributed by atoms with Gasteiger partial charge in [-0.25, -0.2) is 23.8 Å². The van der Waals surface area contributed by atoms with Gasteiger partial charge in [0.15, 0.2) is 10.9 Å². The van der Waals surface area contributed by atoms with Crippen LogP contribution in [0, 0.1) is 24.1 Å². The second-order valence-corrected chi connectivity index (χ2v) is 12.3. The third kappa shape index (κ3) is 5.75. The monoisotopic (exact) mass is 575 g/mol. The van der Waals surface area contributed by atoms with E-state index in [1.165, 1.54) is 23.5 Å². The third-order valence-corrected chi connectivity index (χ3v) is 8.22. The van der Waals surface area contributed by atoms with Gasteiger partial charge in [0.1, 0.15) is 39.1 Å². The van der Waals surface area contributed by atoms with Gasteiger partial charge < -0.3 is 14.5 Å². The fourth-order valence-electron chi connectivity index (χ4n) is 5.13. The second kappa shape index (κ2) is 11.1. The molecule has 4 heterocycles. The van der Waals surface area contributed by atoms with Crippen LogP contribution in [-0.4, -0.2) is 56.5 Å². The molecular formula is C30H34FN7O2S. The minimum absolute atomic E-state index is 0.204. The number of thiazole rings is 1. The number of halogens is 1. The number of nitriles is 1. The molecule has 0 spiro atoms. The van der Waals surface area contributed by atoms with Crippen molar-refractivity contribution in [2.45, 2.75) is 65.5 Å². The van der Waals surface area contributed by atoms with Crippen LogP contribution in [0.1, 0.15) is 62.6 Å². The molecule has 214 valence electrons. The summed E-state index contributed by atoms with van der Waals surface area (Å²) >= 11 is 1.28. The topological polar surface area (TPSA) is 100 Å². The fourth-order valence-corrected chi connectivity index (χ4v) is 5.98. The van der Waals surface area contributed by atoms with Crippen molar-refractivity contribution in [3.05, 3.63) is 52.3 Å². The Bertz CT molecular complexity index is 1620. The molecule has 0 radical (unpaired) electrons. The van der Waals surface area contributed by atoms with Crippen LogP contribution in [0.3, 0.4) is 0 Å². The van der Waals surface area contributed by atoms with E-state index in [0.717, 1.165) is 41.0 Å². The van der Waals surface area contributed by atoms with Crippen LogP contribution in [0.15, 0.2) is 30.3 Å². The maximum atomic E-state index is 13.5. The van der Waals surface area contributed by atoms with Crippen LogP contribution in [0.5, 0.6) is 0 Å². The van der Waals surface area contributed by atoms with Crippen LogP contribution < -0.4 is 4.90 Å². The molecule has 1 aromatic carbocycles. The van der Waals surface area contributed by atoms with Crippen molar-refractivity contribution < 1.29 is 13.9 Å². The molecule has 9 nitrogen and oxygen atoms in total. The van der Waals surface area contributed by atoms with Crippen LogP contribution in [0.25, 0.3) is 22.3 Å². The zero-order valence-electron chi connectivity index (χ0n) is 24.2. The summed E-state index contributed by atoms with van der Waals surface area (Å²) in [6, 6.07) is 10.3. The quantitative estimate of drug-likeness (QED) is 0.259. The average molecular weight is 576 g/mol. The van der Waals surface area contributed by atoms with Crippen LogP contribution >= 0.6 is 11.3 Å². The van der Waals surface area contributed by atoms with E-state index >= 15 is 0 Å². The highest BCUT2D eigenvalue weighted by Gasteiger charge is 2.30. The number of anilines is 2. The van der Waals surface area contributed by atoms with Crippen LogP contribution in [0.4, 0.5) is 20.1 Å². The van der Waals surface area contributed by atoms with Gasteiger partial charge in [-0.05, 0) is 83.4 Å². The molecule has 1 amide bonds. The largest absolute Gasteiger partial charge is 0.444 e. The molecule has 41 heavy (non-hydrogen) atoms. The number of rotatable bonds is 5. The number of ether oxygens (including phenoxy) is 1. The van der Waals surface area contributed by atoms with Gasteiger partial charge in [0, 0.05) is 43.9 Å². The fraction of sp³-hybridized carbons (Fsp3) is 0.433. The molecule has 4 aromatic rings. The standard InChI is InChI=1S/C30H34FN7O2S/c1-7-38-27(36(6)28-34-25(23(17-32)41-28)20-8-10-21(31)11-9-20)26-24(35-38)18(2)16-22(33-26)19-12-14-37(15-13-19)29(39)40-30(3,4)5/h8-11,16,19H,7,12-15H2,1-6H3. The van der Waals surface area contributed by atoms with E-state index in [1.54, 1.807) is 17.0 Å². The van der Waals surface area contributed by atoms with E-state index in [9.17, 15) is 14.4 Å². The Morgan fingerprint density at radius 3 is 2.49 bits per heavy atom. The minimum atomic E-state index is -0.523. The number of piperidine rings is 1. The highest BCUT2D eigenvalue weighted by Crippen LogP contribution is 2.39. The van der Waals surface area contributed by atoms with E-state index in [2.05, 4.69) is 12.1 Å². The number of carbonyl (C=O) groups excluding carboxylic acids is 1. The maximum Gasteiger partial charge on any atom is 0.410 e. The van der Waals surface area contributed by atoms with Gasteiger partial charge >= 0.3 is 6.09 Å². The van der Waals surface area contributed by atoms with Gasteiger partial charge in [0.05, 0.1) is 0 Å². The lowest BCUT2D eigenvalue weighted by Crippen LogP contribution is -2.41. The summed E-state index contributed by atoms with van der Waals surface area (Å²) in [5, 5.41) is 15.3. The van der Waals surface area contributed by atoms with Gasteiger partial charge in [-0.3, -0.25) is 0 Å². The minimum Gasteiger partial charge on any atom is -0.444 e. The van der Waals surface area contributed by atoms with E-state index in [0.29, 0.717) is 40.9 Å². The number of fused-ring (bicyclic) bond motifs is 1. The summed E-state index contributed by atoms with van der Waals surface area (Å²) < 4.78 is 21.0. The zero-order valence-corrected chi connectivity index (χ0v) is 25.0. The summed E-state index contributed by atoms with van der Waals surface area (Å²) in [4.78, 5) is 26.6. The first-order valence-electron chi connectivity index (χ1n) is 13.8. The number of aromatic nitrogens is 4. The summed E-state index contributed by atoms with van der Waals surface area (Å²) in [5.41, 5.74) is 4.29. The highest BCUT2D eigenvalue weighted by molar-refractivity contribution is 7.16. The number of benzene rings is 1. The molecule has 0 N–H and O–H groups in total. The van der Waals surface area contributed by atoms with E-state index < -0.39 is 5.60 Å². The number of hydrogen-bond donors (Lipinski definition) is 0. The van der Waals surface area contributed by atoms with Crippen molar-refractivity contribution in [1.29, 1.82) is 5.26 Å². The summed E-state index contributed by atoms with van der Waals surface area (Å²) in [5.74, 6) is 0.656. The normalized spacial score (nSPS) is 14.3. The number of nitrogens with zero attached hydrogens (tertiary/aromatic N) is 7. The summed E-state index contributed by atoms with van der Waals surface area (Å²) in [7, 11) is 1.90. The number of hydrogen-bond acceptors (Lipinski definition) is 8. The van der Waals surface area contributed by atoms with Crippen LogP contribution in [0.2, 0.25) is 0 Å². The molecule has 1 fully saturated rings. The first-order valence-corrected chi connectivity index (χ1v) is 14.6. The molecule has 0 bridgehead atoms.